The monoisotopic (exact) mass is 392 g/mol. The molecule has 1 aromatic carbocycles. The quantitative estimate of drug-likeness (QED) is 0.817. The third-order valence-corrected chi connectivity index (χ3v) is 5.33. The van der Waals surface area contributed by atoms with Crippen molar-refractivity contribution in [3.05, 3.63) is 27.7 Å². The number of piperazine rings is 1. The highest BCUT2D eigenvalue weighted by Crippen LogP contribution is 2.48. The minimum Gasteiger partial charge on any atom is -0.507 e. The van der Waals surface area contributed by atoms with E-state index in [0.717, 1.165) is 51.5 Å². The molecule has 1 atom stereocenters. The summed E-state index contributed by atoms with van der Waals surface area (Å²) in [5.41, 5.74) is -0.556. The normalized spacial score (nSPS) is 21.9. The maximum absolute atomic E-state index is 13.2. The Morgan fingerprint density at radius 3 is 2.39 bits per heavy atom. The van der Waals surface area contributed by atoms with Crippen molar-refractivity contribution in [2.24, 2.45) is 5.92 Å². The van der Waals surface area contributed by atoms with Gasteiger partial charge in [-0.15, -0.1) is 0 Å². The van der Waals surface area contributed by atoms with Crippen molar-refractivity contribution in [2.75, 3.05) is 26.2 Å². The second-order valence-electron chi connectivity index (χ2n) is 6.31. The van der Waals surface area contributed by atoms with E-state index >= 15 is 0 Å². The second kappa shape index (κ2) is 6.61. The number of nitrogens with one attached hydrogen (secondary N) is 1. The first kappa shape index (κ1) is 17.0. The Balaban J connectivity index is 2.03. The topological polar surface area (TPSA) is 35.5 Å². The summed E-state index contributed by atoms with van der Waals surface area (Å²) in [5, 5.41) is 13.6. The van der Waals surface area contributed by atoms with Crippen molar-refractivity contribution in [1.29, 1.82) is 0 Å². The molecule has 1 saturated carbocycles. The Bertz CT molecular complexity index is 569. The van der Waals surface area contributed by atoms with Gasteiger partial charge in [0.2, 0.25) is 0 Å². The Labute approximate surface area is 142 Å². The Kier molecular flexibility index (Phi) is 4.90. The van der Waals surface area contributed by atoms with Gasteiger partial charge in [-0.1, -0.05) is 22.4 Å². The largest absolute Gasteiger partial charge is 0.507 e. The third kappa shape index (κ3) is 3.51. The van der Waals surface area contributed by atoms with Crippen LogP contribution < -0.4 is 5.32 Å². The molecule has 1 saturated heterocycles. The molecule has 7 heteroatoms. The van der Waals surface area contributed by atoms with Gasteiger partial charge in [0, 0.05) is 42.3 Å². The molecule has 128 valence electrons. The van der Waals surface area contributed by atoms with Crippen LogP contribution in [0.3, 0.4) is 0 Å². The summed E-state index contributed by atoms with van der Waals surface area (Å²) in [6, 6.07) is 2.45. The van der Waals surface area contributed by atoms with Crippen molar-refractivity contribution in [1.82, 2.24) is 10.2 Å². The van der Waals surface area contributed by atoms with E-state index in [0.29, 0.717) is 16.0 Å². The highest BCUT2D eigenvalue weighted by atomic mass is 79.9. The van der Waals surface area contributed by atoms with Gasteiger partial charge in [0.25, 0.3) is 0 Å². The molecule has 3 rings (SSSR count). The van der Waals surface area contributed by atoms with Gasteiger partial charge >= 0.3 is 6.18 Å². The lowest BCUT2D eigenvalue weighted by Crippen LogP contribution is -2.47. The molecular formula is C16H20BrF3N2O. The SMILES string of the molecule is Oc1c([C@H](C2CCC2)N2CCNCC2)cc(Br)cc1C(F)(F)F. The summed E-state index contributed by atoms with van der Waals surface area (Å²) in [6.07, 6.45) is -1.45. The standard InChI is InChI=1S/C16H20BrF3N2O/c17-11-8-12(15(23)13(9-11)16(18,19)20)14(10-2-1-3-10)22-6-4-21-5-7-22/h8-10,14,21,23H,1-7H2/t14-/m0/s1. The van der Waals surface area contributed by atoms with Crippen molar-refractivity contribution in [3.8, 4) is 5.75 Å². The molecule has 1 aliphatic carbocycles. The molecule has 0 aromatic heterocycles. The molecular weight excluding hydrogens is 373 g/mol. The van der Waals surface area contributed by atoms with Gasteiger partial charge in [0.05, 0.1) is 5.56 Å². The maximum atomic E-state index is 13.2. The lowest BCUT2D eigenvalue weighted by Gasteiger charge is -2.43. The maximum Gasteiger partial charge on any atom is 0.420 e. The van der Waals surface area contributed by atoms with Crippen LogP contribution in [-0.4, -0.2) is 36.2 Å². The van der Waals surface area contributed by atoms with Crippen LogP contribution in [0.25, 0.3) is 0 Å². The summed E-state index contributed by atoms with van der Waals surface area (Å²) in [6.45, 7) is 3.22. The summed E-state index contributed by atoms with van der Waals surface area (Å²) < 4.78 is 40.0. The summed E-state index contributed by atoms with van der Waals surface area (Å²) in [5.74, 6) is -0.300. The first-order valence-electron chi connectivity index (χ1n) is 7.92. The molecule has 0 spiro atoms. The van der Waals surface area contributed by atoms with E-state index in [4.69, 9.17) is 0 Å². The zero-order valence-corrected chi connectivity index (χ0v) is 14.3. The molecule has 1 heterocycles. The number of rotatable bonds is 3. The fourth-order valence-electron chi connectivity index (χ4n) is 3.53. The predicted octanol–water partition coefficient (Wildman–Crippen LogP) is 3.92. The number of alkyl halides is 3. The molecule has 1 aromatic rings. The fourth-order valence-corrected chi connectivity index (χ4v) is 4.00. The number of benzene rings is 1. The average molecular weight is 393 g/mol. The van der Waals surface area contributed by atoms with E-state index < -0.39 is 17.5 Å². The number of nitrogens with zero attached hydrogens (tertiary/aromatic N) is 1. The van der Waals surface area contributed by atoms with E-state index in [9.17, 15) is 18.3 Å². The summed E-state index contributed by atoms with van der Waals surface area (Å²) in [7, 11) is 0. The first-order valence-corrected chi connectivity index (χ1v) is 8.71. The minimum absolute atomic E-state index is 0.149. The van der Waals surface area contributed by atoms with Crippen LogP contribution in [0, 0.1) is 5.92 Å². The molecule has 3 nitrogen and oxygen atoms in total. The van der Waals surface area contributed by atoms with Crippen LogP contribution in [0.2, 0.25) is 0 Å². The molecule has 0 amide bonds. The van der Waals surface area contributed by atoms with Gasteiger partial charge in [0.1, 0.15) is 5.75 Å². The zero-order chi connectivity index (χ0) is 16.6. The average Bonchev–Trinajstić information content (AvgIpc) is 2.45. The van der Waals surface area contributed by atoms with Crippen LogP contribution in [0.15, 0.2) is 16.6 Å². The van der Waals surface area contributed by atoms with Gasteiger partial charge in [0.15, 0.2) is 0 Å². The molecule has 23 heavy (non-hydrogen) atoms. The zero-order valence-electron chi connectivity index (χ0n) is 12.7. The number of phenols is 1. The number of phenolic OH excluding ortho intramolecular Hbond substituents is 1. The molecule has 2 aliphatic rings. The van der Waals surface area contributed by atoms with Crippen LogP contribution in [-0.2, 0) is 6.18 Å². The van der Waals surface area contributed by atoms with Crippen LogP contribution >= 0.6 is 15.9 Å². The molecule has 1 aliphatic heterocycles. The highest BCUT2D eigenvalue weighted by molar-refractivity contribution is 9.10. The van der Waals surface area contributed by atoms with E-state index in [1.54, 1.807) is 6.07 Å². The lowest BCUT2D eigenvalue weighted by atomic mass is 9.75. The fraction of sp³-hybridized carbons (Fsp3) is 0.625. The second-order valence-corrected chi connectivity index (χ2v) is 7.23. The highest BCUT2D eigenvalue weighted by Gasteiger charge is 2.40. The number of halogens is 4. The van der Waals surface area contributed by atoms with Crippen LogP contribution in [0.4, 0.5) is 13.2 Å². The van der Waals surface area contributed by atoms with Gasteiger partial charge < -0.3 is 10.4 Å². The van der Waals surface area contributed by atoms with E-state index in [1.807, 2.05) is 0 Å². The van der Waals surface area contributed by atoms with E-state index in [1.165, 1.54) is 0 Å². The van der Waals surface area contributed by atoms with E-state index in [2.05, 4.69) is 26.1 Å². The molecule has 0 radical (unpaired) electrons. The summed E-state index contributed by atoms with van der Waals surface area (Å²) >= 11 is 3.18. The molecule has 0 unspecified atom stereocenters. The summed E-state index contributed by atoms with van der Waals surface area (Å²) in [4.78, 5) is 2.21. The molecule has 2 fully saturated rings. The number of aromatic hydroxyl groups is 1. The smallest absolute Gasteiger partial charge is 0.420 e. The Morgan fingerprint density at radius 1 is 1.22 bits per heavy atom. The van der Waals surface area contributed by atoms with Crippen molar-refractivity contribution in [2.45, 2.75) is 31.5 Å². The number of hydrogen-bond donors (Lipinski definition) is 2. The van der Waals surface area contributed by atoms with Gasteiger partial charge in [-0.25, -0.2) is 0 Å². The minimum atomic E-state index is -4.56. The predicted molar refractivity (Wildman–Crippen MR) is 85.3 cm³/mol. The van der Waals surface area contributed by atoms with E-state index in [-0.39, 0.29) is 6.04 Å². The first-order chi connectivity index (χ1) is 10.9. The van der Waals surface area contributed by atoms with Crippen molar-refractivity contribution >= 4 is 15.9 Å². The lowest BCUT2D eigenvalue weighted by molar-refractivity contribution is -0.139. The molecule has 0 bridgehead atoms. The van der Waals surface area contributed by atoms with Gasteiger partial charge in [-0.05, 0) is 30.9 Å². The van der Waals surface area contributed by atoms with Crippen molar-refractivity contribution < 1.29 is 18.3 Å². The van der Waals surface area contributed by atoms with Gasteiger partial charge in [-0.2, -0.15) is 13.2 Å². The van der Waals surface area contributed by atoms with Crippen LogP contribution in [0.5, 0.6) is 5.75 Å². The molecule has 2 N–H and O–H groups in total. The van der Waals surface area contributed by atoms with Gasteiger partial charge in [-0.3, -0.25) is 4.90 Å². The number of hydrogen-bond acceptors (Lipinski definition) is 3. The Hall–Kier alpha value is -0.790. The van der Waals surface area contributed by atoms with Crippen molar-refractivity contribution in [3.63, 3.8) is 0 Å². The van der Waals surface area contributed by atoms with Crippen LogP contribution in [0.1, 0.15) is 36.4 Å². The Morgan fingerprint density at radius 2 is 1.87 bits per heavy atom. The third-order valence-electron chi connectivity index (χ3n) is 4.87.